The topological polar surface area (TPSA) is 151 Å². The minimum absolute atomic E-state index is 0.000243. The maximum absolute atomic E-state index is 13.7. The molecular formula is C35H42N3O8PS. The van der Waals surface area contributed by atoms with E-state index >= 15 is 0 Å². The minimum Gasteiger partial charge on any atom is -0.481 e. The van der Waals surface area contributed by atoms with Gasteiger partial charge < -0.3 is 19.5 Å². The second-order valence-corrected chi connectivity index (χ2v) is 15.7. The molecule has 11 nitrogen and oxygen atoms in total. The third-order valence-corrected chi connectivity index (χ3v) is 10.7. The van der Waals surface area contributed by atoms with E-state index in [1.165, 1.54) is 40.7 Å². The number of hydrogen-bond acceptors (Lipinski definition) is 9. The molecule has 0 saturated heterocycles. The van der Waals surface area contributed by atoms with E-state index in [2.05, 4.69) is 0 Å². The van der Waals surface area contributed by atoms with E-state index in [1.807, 2.05) is 74.5 Å². The molecule has 0 aliphatic rings. The fraction of sp³-hybridized carbons (Fsp3) is 0.314. The zero-order valence-electron chi connectivity index (χ0n) is 27.1. The fourth-order valence-corrected chi connectivity index (χ4v) is 7.64. The number of benzene rings is 4. The Kier molecular flexibility index (Phi) is 13.5. The van der Waals surface area contributed by atoms with Gasteiger partial charge in [0.1, 0.15) is 5.75 Å². The predicted octanol–water partition coefficient (Wildman–Crippen LogP) is 7.16. The van der Waals surface area contributed by atoms with Crippen molar-refractivity contribution in [1.29, 1.82) is 0 Å². The Morgan fingerprint density at radius 3 is 1.85 bits per heavy atom. The number of nitrogens with zero attached hydrogens (tertiary/aromatic N) is 2. The molecule has 0 spiro atoms. The number of nitrogens with two attached hydrogens (primary N) is 1. The third kappa shape index (κ3) is 11.4. The third-order valence-electron chi connectivity index (χ3n) is 7.36. The van der Waals surface area contributed by atoms with Crippen molar-refractivity contribution >= 4 is 23.3 Å². The summed E-state index contributed by atoms with van der Waals surface area (Å²) < 4.78 is 59.9. The maximum atomic E-state index is 13.7. The Bertz CT molecular complexity index is 1690. The molecule has 0 aromatic heterocycles. The molecule has 256 valence electrons. The molecule has 4 aromatic rings. The number of sulfonamides is 1. The van der Waals surface area contributed by atoms with E-state index in [4.69, 9.17) is 19.5 Å². The van der Waals surface area contributed by atoms with Crippen LogP contribution in [-0.2, 0) is 43.3 Å². The Labute approximate surface area is 282 Å². The summed E-state index contributed by atoms with van der Waals surface area (Å²) >= 11 is 0. The van der Waals surface area contributed by atoms with Crippen molar-refractivity contribution in [3.05, 3.63) is 136 Å². The van der Waals surface area contributed by atoms with E-state index in [1.54, 1.807) is 12.1 Å². The zero-order valence-corrected chi connectivity index (χ0v) is 28.8. The van der Waals surface area contributed by atoms with Crippen LogP contribution in [0, 0.1) is 16.0 Å². The van der Waals surface area contributed by atoms with Crippen LogP contribution >= 0.6 is 7.60 Å². The van der Waals surface area contributed by atoms with Crippen LogP contribution in [0.5, 0.6) is 5.75 Å². The lowest BCUT2D eigenvalue weighted by Gasteiger charge is -2.25. The molecule has 0 saturated carbocycles. The van der Waals surface area contributed by atoms with Crippen molar-refractivity contribution in [2.45, 2.75) is 50.8 Å². The second kappa shape index (κ2) is 17.5. The van der Waals surface area contributed by atoms with Crippen molar-refractivity contribution in [2.75, 3.05) is 19.4 Å². The van der Waals surface area contributed by atoms with Crippen LogP contribution in [0.1, 0.15) is 37.0 Å². The summed E-state index contributed by atoms with van der Waals surface area (Å²) in [5.41, 5.74) is 8.84. The van der Waals surface area contributed by atoms with Crippen molar-refractivity contribution in [3.63, 3.8) is 0 Å². The van der Waals surface area contributed by atoms with E-state index in [9.17, 15) is 23.1 Å². The van der Waals surface area contributed by atoms with Gasteiger partial charge in [-0.2, -0.15) is 4.31 Å². The van der Waals surface area contributed by atoms with Crippen LogP contribution in [-0.4, -0.2) is 43.1 Å². The molecule has 0 bridgehead atoms. The van der Waals surface area contributed by atoms with Gasteiger partial charge in [0.05, 0.1) is 23.0 Å². The van der Waals surface area contributed by atoms with Crippen LogP contribution < -0.4 is 10.5 Å². The average Bonchev–Trinajstić information content (AvgIpc) is 3.08. The number of hydrogen-bond donors (Lipinski definition) is 1. The molecule has 4 rings (SSSR count). The lowest BCUT2D eigenvalue weighted by atomic mass is 10.0. The van der Waals surface area contributed by atoms with E-state index < -0.39 is 22.5 Å². The van der Waals surface area contributed by atoms with Crippen LogP contribution in [0.15, 0.2) is 114 Å². The molecule has 0 aliphatic carbocycles. The smallest absolute Gasteiger partial charge is 0.368 e. The van der Waals surface area contributed by atoms with Gasteiger partial charge in [0.15, 0.2) is 6.35 Å². The molecule has 2 N–H and O–H groups in total. The number of rotatable bonds is 19. The van der Waals surface area contributed by atoms with E-state index in [0.717, 1.165) is 16.7 Å². The molecule has 0 heterocycles. The highest BCUT2D eigenvalue weighted by Gasteiger charge is 2.28. The maximum Gasteiger partial charge on any atom is 0.368 e. The standard InChI is InChI=1S/C35H42N3O8PS/c1-28(2)24-37(22-21-32(36)23-29-13-15-33(16-14-29)38(39)40)48(42,43)35-19-17-34(18-20-35)44-27-47(41,45-25-30-9-5-3-6-10-30)46-26-31-11-7-4-8-12-31/h3-20,28,32H,21-27,36H2,1-2H3/t32-/m1/s1. The van der Waals surface area contributed by atoms with Crippen molar-refractivity contribution < 1.29 is 31.7 Å². The Balaban J connectivity index is 1.39. The summed E-state index contributed by atoms with van der Waals surface area (Å²) in [7, 11) is -7.61. The van der Waals surface area contributed by atoms with Gasteiger partial charge in [0.25, 0.3) is 5.69 Å². The first-order valence-corrected chi connectivity index (χ1v) is 18.8. The highest BCUT2D eigenvalue weighted by Crippen LogP contribution is 2.49. The lowest BCUT2D eigenvalue weighted by molar-refractivity contribution is -0.384. The van der Waals surface area contributed by atoms with Crippen molar-refractivity contribution in [3.8, 4) is 5.75 Å². The molecule has 0 radical (unpaired) electrons. The van der Waals surface area contributed by atoms with Crippen LogP contribution in [0.2, 0.25) is 0 Å². The fourth-order valence-electron chi connectivity index (χ4n) is 4.80. The highest BCUT2D eigenvalue weighted by atomic mass is 32.2. The molecule has 48 heavy (non-hydrogen) atoms. The van der Waals surface area contributed by atoms with Gasteiger partial charge in [-0.25, -0.2) is 8.42 Å². The van der Waals surface area contributed by atoms with E-state index in [-0.39, 0.29) is 48.6 Å². The predicted molar refractivity (Wildman–Crippen MR) is 185 cm³/mol. The molecule has 0 aliphatic heterocycles. The second-order valence-electron chi connectivity index (χ2n) is 11.8. The summed E-state index contributed by atoms with van der Waals surface area (Å²) in [6.07, 6.45) is 0.476. The largest absolute Gasteiger partial charge is 0.481 e. The van der Waals surface area contributed by atoms with E-state index in [0.29, 0.717) is 25.1 Å². The first kappa shape index (κ1) is 36.9. The summed E-state index contributed by atoms with van der Waals surface area (Å²) in [6.45, 7) is 4.51. The van der Waals surface area contributed by atoms with Gasteiger partial charge in [-0.3, -0.25) is 14.7 Å². The molecule has 13 heteroatoms. The first-order chi connectivity index (χ1) is 22.9. The minimum atomic E-state index is -3.88. The Morgan fingerprint density at radius 1 is 0.812 bits per heavy atom. The van der Waals surface area contributed by atoms with Crippen LogP contribution in [0.4, 0.5) is 5.69 Å². The number of nitro groups is 1. The van der Waals surface area contributed by atoms with Crippen molar-refractivity contribution in [2.24, 2.45) is 11.7 Å². The number of ether oxygens (including phenoxy) is 1. The summed E-state index contributed by atoms with van der Waals surface area (Å²) in [5, 5.41) is 10.9. The summed E-state index contributed by atoms with van der Waals surface area (Å²) in [6, 6.07) is 30.4. The number of nitro benzene ring substituents is 1. The van der Waals surface area contributed by atoms with Gasteiger partial charge in [-0.05, 0) is 59.7 Å². The Hall–Kier alpha value is -3.90. The quantitative estimate of drug-likeness (QED) is 0.0612. The Morgan fingerprint density at radius 2 is 1.35 bits per heavy atom. The summed E-state index contributed by atoms with van der Waals surface area (Å²) in [4.78, 5) is 10.6. The van der Waals surface area contributed by atoms with Crippen LogP contribution in [0.3, 0.4) is 0 Å². The monoisotopic (exact) mass is 695 g/mol. The molecule has 0 amide bonds. The number of non-ortho nitro benzene ring substituents is 1. The van der Waals surface area contributed by atoms with Crippen LogP contribution in [0.25, 0.3) is 0 Å². The molecular weight excluding hydrogens is 653 g/mol. The molecule has 0 unspecified atom stereocenters. The van der Waals surface area contributed by atoms with Gasteiger partial charge in [0.2, 0.25) is 10.0 Å². The zero-order chi connectivity index (χ0) is 34.6. The SMILES string of the molecule is CC(C)CN(CC[C@@H](N)Cc1ccc([N+](=O)[O-])cc1)S(=O)(=O)c1ccc(OCP(=O)(OCc2ccccc2)OCc2ccccc2)cc1. The van der Waals surface area contributed by atoms with Gasteiger partial charge in [0, 0.05) is 31.3 Å². The first-order valence-electron chi connectivity index (χ1n) is 15.6. The molecule has 4 aromatic carbocycles. The van der Waals surface area contributed by atoms with Crippen molar-refractivity contribution in [1.82, 2.24) is 4.31 Å². The average molecular weight is 696 g/mol. The van der Waals surface area contributed by atoms with Gasteiger partial charge in [-0.1, -0.05) is 86.6 Å². The van der Waals surface area contributed by atoms with Gasteiger partial charge in [-0.15, -0.1) is 0 Å². The molecule has 1 atom stereocenters. The normalized spacial score (nSPS) is 12.7. The van der Waals surface area contributed by atoms with Gasteiger partial charge >= 0.3 is 7.60 Å². The highest BCUT2D eigenvalue weighted by molar-refractivity contribution is 7.89. The lowest BCUT2D eigenvalue weighted by Crippen LogP contribution is -2.38. The molecule has 0 fully saturated rings. The summed E-state index contributed by atoms with van der Waals surface area (Å²) in [5.74, 6) is 0.371.